The summed E-state index contributed by atoms with van der Waals surface area (Å²) in [4.78, 5) is 7.22. The molecule has 0 amide bonds. The van der Waals surface area contributed by atoms with Crippen LogP contribution < -0.4 is 10.6 Å². The summed E-state index contributed by atoms with van der Waals surface area (Å²) < 4.78 is 5.39. The van der Waals surface area contributed by atoms with Crippen LogP contribution in [0.1, 0.15) is 26.3 Å². The van der Waals surface area contributed by atoms with E-state index >= 15 is 0 Å². The lowest BCUT2D eigenvalue weighted by Gasteiger charge is -2.27. The van der Waals surface area contributed by atoms with E-state index in [2.05, 4.69) is 66.6 Å². The quantitative estimate of drug-likeness (QED) is 0.591. The fourth-order valence-corrected chi connectivity index (χ4v) is 2.76. The summed E-state index contributed by atoms with van der Waals surface area (Å²) >= 11 is 0. The normalized spacial score (nSPS) is 16.9. The summed E-state index contributed by atoms with van der Waals surface area (Å²) in [6.45, 7) is 13.9. The van der Waals surface area contributed by atoms with Crippen molar-refractivity contribution in [2.75, 3.05) is 52.5 Å². The van der Waals surface area contributed by atoms with E-state index in [4.69, 9.17) is 9.73 Å². The third-order valence-electron chi connectivity index (χ3n) is 4.36. The summed E-state index contributed by atoms with van der Waals surface area (Å²) in [5.74, 6) is 0.898. The molecule has 1 aromatic carbocycles. The van der Waals surface area contributed by atoms with Crippen LogP contribution in [0.5, 0.6) is 0 Å². The highest BCUT2D eigenvalue weighted by Crippen LogP contribution is 2.22. The molecule has 0 spiro atoms. The Morgan fingerprint density at radius 2 is 1.88 bits per heavy atom. The second kappa shape index (κ2) is 9.64. The van der Waals surface area contributed by atoms with Gasteiger partial charge in [-0.25, -0.2) is 0 Å². The Kier molecular flexibility index (Phi) is 7.53. The zero-order valence-corrected chi connectivity index (χ0v) is 15.3. The van der Waals surface area contributed by atoms with Crippen molar-refractivity contribution in [1.82, 2.24) is 15.5 Å². The fraction of sp³-hybridized carbons (Fsp3) is 0.632. The zero-order valence-electron chi connectivity index (χ0n) is 15.3. The first-order chi connectivity index (χ1) is 11.6. The molecule has 0 radical (unpaired) electrons. The van der Waals surface area contributed by atoms with Gasteiger partial charge in [0.1, 0.15) is 0 Å². The minimum Gasteiger partial charge on any atom is -0.379 e. The monoisotopic (exact) mass is 332 g/mol. The van der Waals surface area contributed by atoms with Gasteiger partial charge >= 0.3 is 0 Å². The number of aliphatic imine (C=N–C) groups is 1. The second-order valence-electron chi connectivity index (χ2n) is 6.83. The van der Waals surface area contributed by atoms with Crippen LogP contribution in [0.3, 0.4) is 0 Å². The number of rotatable bonds is 7. The van der Waals surface area contributed by atoms with Crippen LogP contribution >= 0.6 is 0 Å². The summed E-state index contributed by atoms with van der Waals surface area (Å²) in [6, 6.07) is 10.6. The van der Waals surface area contributed by atoms with E-state index in [1.807, 2.05) is 0 Å². The number of morpholine rings is 1. The number of nitrogens with zero attached hydrogens (tertiary/aromatic N) is 2. The fourth-order valence-electron chi connectivity index (χ4n) is 2.76. The van der Waals surface area contributed by atoms with Gasteiger partial charge in [0.15, 0.2) is 5.96 Å². The molecule has 0 atom stereocenters. The van der Waals surface area contributed by atoms with Crippen LogP contribution in [0, 0.1) is 0 Å². The molecule has 134 valence electrons. The first kappa shape index (κ1) is 18.7. The third-order valence-corrected chi connectivity index (χ3v) is 4.36. The van der Waals surface area contributed by atoms with E-state index in [0.29, 0.717) is 0 Å². The van der Waals surface area contributed by atoms with E-state index in [0.717, 1.165) is 58.4 Å². The van der Waals surface area contributed by atoms with Crippen molar-refractivity contribution < 1.29 is 4.74 Å². The second-order valence-corrected chi connectivity index (χ2v) is 6.83. The SMILES string of the molecule is CCNC(=NCC(C)(C)c1ccccc1)NCCN1CCOCC1. The van der Waals surface area contributed by atoms with Gasteiger partial charge in [-0.2, -0.15) is 0 Å². The largest absolute Gasteiger partial charge is 0.379 e. The molecular weight excluding hydrogens is 300 g/mol. The maximum absolute atomic E-state index is 5.39. The van der Waals surface area contributed by atoms with Crippen molar-refractivity contribution in [2.45, 2.75) is 26.2 Å². The Morgan fingerprint density at radius 3 is 2.54 bits per heavy atom. The molecule has 1 saturated heterocycles. The standard InChI is InChI=1S/C19H32N4O/c1-4-20-18(21-10-11-23-12-14-24-15-13-23)22-16-19(2,3)17-8-6-5-7-9-17/h5-9H,4,10-16H2,1-3H3,(H2,20,21,22). The summed E-state index contributed by atoms with van der Waals surface area (Å²) in [5.41, 5.74) is 1.34. The van der Waals surface area contributed by atoms with Gasteiger partial charge < -0.3 is 15.4 Å². The first-order valence-corrected chi connectivity index (χ1v) is 8.99. The Labute approximate surface area is 146 Å². The van der Waals surface area contributed by atoms with Crippen molar-refractivity contribution in [1.29, 1.82) is 0 Å². The average molecular weight is 332 g/mol. The molecule has 0 bridgehead atoms. The minimum atomic E-state index is 0.0216. The number of benzene rings is 1. The maximum atomic E-state index is 5.39. The smallest absolute Gasteiger partial charge is 0.191 e. The molecule has 5 nitrogen and oxygen atoms in total. The maximum Gasteiger partial charge on any atom is 0.191 e. The number of hydrogen-bond donors (Lipinski definition) is 2. The van der Waals surface area contributed by atoms with Gasteiger partial charge in [0.05, 0.1) is 19.8 Å². The van der Waals surface area contributed by atoms with Crippen LogP contribution in [-0.2, 0) is 10.2 Å². The molecular formula is C19H32N4O. The minimum absolute atomic E-state index is 0.0216. The van der Waals surface area contributed by atoms with Gasteiger partial charge in [-0.1, -0.05) is 44.2 Å². The van der Waals surface area contributed by atoms with Crippen LogP contribution in [-0.4, -0.2) is 63.3 Å². The van der Waals surface area contributed by atoms with Gasteiger partial charge in [0.25, 0.3) is 0 Å². The highest BCUT2D eigenvalue weighted by molar-refractivity contribution is 5.79. The van der Waals surface area contributed by atoms with Crippen molar-refractivity contribution >= 4 is 5.96 Å². The lowest BCUT2D eigenvalue weighted by atomic mass is 9.85. The van der Waals surface area contributed by atoms with Crippen LogP contribution in [0.2, 0.25) is 0 Å². The van der Waals surface area contributed by atoms with Crippen molar-refractivity contribution in [3.05, 3.63) is 35.9 Å². The number of nitrogens with one attached hydrogen (secondary N) is 2. The van der Waals surface area contributed by atoms with Crippen molar-refractivity contribution in [3.8, 4) is 0 Å². The average Bonchev–Trinajstić information content (AvgIpc) is 2.61. The van der Waals surface area contributed by atoms with Crippen molar-refractivity contribution in [2.24, 2.45) is 4.99 Å². The summed E-state index contributed by atoms with van der Waals surface area (Å²) in [6.07, 6.45) is 0. The molecule has 1 aliphatic heterocycles. The van der Waals surface area contributed by atoms with Gasteiger partial charge in [-0.05, 0) is 12.5 Å². The number of hydrogen-bond acceptors (Lipinski definition) is 3. The van der Waals surface area contributed by atoms with E-state index in [9.17, 15) is 0 Å². The van der Waals surface area contributed by atoms with Crippen LogP contribution in [0.4, 0.5) is 0 Å². The molecule has 2 rings (SSSR count). The molecule has 24 heavy (non-hydrogen) atoms. The van der Waals surface area contributed by atoms with Gasteiger partial charge in [0, 0.05) is 38.1 Å². The molecule has 5 heteroatoms. The molecule has 1 fully saturated rings. The molecule has 0 saturated carbocycles. The topological polar surface area (TPSA) is 48.9 Å². The van der Waals surface area contributed by atoms with E-state index < -0.39 is 0 Å². The Balaban J connectivity index is 1.85. The van der Waals surface area contributed by atoms with E-state index in [-0.39, 0.29) is 5.41 Å². The third kappa shape index (κ3) is 6.13. The summed E-state index contributed by atoms with van der Waals surface area (Å²) in [7, 11) is 0. The van der Waals surface area contributed by atoms with E-state index in [1.54, 1.807) is 0 Å². The van der Waals surface area contributed by atoms with Gasteiger partial charge in [-0.15, -0.1) is 0 Å². The first-order valence-electron chi connectivity index (χ1n) is 8.99. The number of guanidine groups is 1. The van der Waals surface area contributed by atoms with Gasteiger partial charge in [0.2, 0.25) is 0 Å². The van der Waals surface area contributed by atoms with Crippen LogP contribution in [0.25, 0.3) is 0 Å². The Hall–Kier alpha value is -1.59. The summed E-state index contributed by atoms with van der Waals surface area (Å²) in [5, 5.41) is 6.79. The molecule has 1 aromatic rings. The molecule has 1 heterocycles. The predicted molar refractivity (Wildman–Crippen MR) is 101 cm³/mol. The highest BCUT2D eigenvalue weighted by Gasteiger charge is 2.20. The molecule has 2 N–H and O–H groups in total. The van der Waals surface area contributed by atoms with Crippen LogP contribution in [0.15, 0.2) is 35.3 Å². The van der Waals surface area contributed by atoms with Gasteiger partial charge in [-0.3, -0.25) is 9.89 Å². The molecule has 0 aliphatic carbocycles. The molecule has 1 aliphatic rings. The Bertz CT molecular complexity index is 495. The lowest BCUT2D eigenvalue weighted by molar-refractivity contribution is 0.0389. The zero-order chi connectivity index (χ0) is 17.3. The lowest BCUT2D eigenvalue weighted by Crippen LogP contribution is -2.44. The Morgan fingerprint density at radius 1 is 1.17 bits per heavy atom. The van der Waals surface area contributed by atoms with E-state index in [1.165, 1.54) is 5.56 Å². The molecule has 0 unspecified atom stereocenters. The highest BCUT2D eigenvalue weighted by atomic mass is 16.5. The molecule has 0 aromatic heterocycles. The predicted octanol–water partition coefficient (Wildman–Crippen LogP) is 1.85. The number of ether oxygens (including phenoxy) is 1. The van der Waals surface area contributed by atoms with Crippen molar-refractivity contribution in [3.63, 3.8) is 0 Å².